The molecule has 0 atom stereocenters. The van der Waals surface area contributed by atoms with Crippen LogP contribution in [0.25, 0.3) is 0 Å². The molecule has 6 nitrogen and oxygen atoms in total. The highest BCUT2D eigenvalue weighted by molar-refractivity contribution is 5.89. The Morgan fingerprint density at radius 3 is 2.96 bits per heavy atom. The molecule has 1 heterocycles. The molecule has 0 radical (unpaired) electrons. The lowest BCUT2D eigenvalue weighted by atomic mass is 10.1. The second-order valence-corrected chi connectivity index (χ2v) is 5.90. The minimum atomic E-state index is -2.90. The smallest absolute Gasteiger partial charge is 0.387 e. The van der Waals surface area contributed by atoms with Crippen molar-refractivity contribution in [1.82, 2.24) is 15.5 Å². The van der Waals surface area contributed by atoms with E-state index < -0.39 is 12.6 Å². The van der Waals surface area contributed by atoms with Crippen molar-refractivity contribution in [3.8, 4) is 5.75 Å². The summed E-state index contributed by atoms with van der Waals surface area (Å²) in [5, 5.41) is 12.7. The van der Waals surface area contributed by atoms with Crippen molar-refractivity contribution in [2.24, 2.45) is 0 Å². The summed E-state index contributed by atoms with van der Waals surface area (Å²) in [5.74, 6) is -0.00887. The third-order valence-electron chi connectivity index (χ3n) is 4.13. The Kier molecular flexibility index (Phi) is 5.47. The first kappa shape index (κ1) is 17.2. The molecule has 2 aromatic rings. The van der Waals surface area contributed by atoms with Gasteiger partial charge in [-0.05, 0) is 43.4 Å². The molecule has 1 aliphatic rings. The number of anilines is 1. The molecule has 25 heavy (non-hydrogen) atoms. The first-order valence-electron chi connectivity index (χ1n) is 8.26. The summed E-state index contributed by atoms with van der Waals surface area (Å²) in [6, 6.07) is 5.43. The van der Waals surface area contributed by atoms with Gasteiger partial charge in [0.2, 0.25) is 0 Å². The predicted molar refractivity (Wildman–Crippen MR) is 88.8 cm³/mol. The number of halogens is 2. The molecule has 1 aromatic carbocycles. The molecule has 0 aliphatic heterocycles. The van der Waals surface area contributed by atoms with Crippen LogP contribution in [0.3, 0.4) is 0 Å². The highest BCUT2D eigenvalue weighted by Crippen LogP contribution is 2.22. The van der Waals surface area contributed by atoms with Crippen molar-refractivity contribution in [2.45, 2.75) is 45.3 Å². The van der Waals surface area contributed by atoms with Crippen molar-refractivity contribution in [2.75, 3.05) is 5.32 Å². The second-order valence-electron chi connectivity index (χ2n) is 5.90. The average molecular weight is 350 g/mol. The van der Waals surface area contributed by atoms with E-state index in [9.17, 15) is 13.6 Å². The molecule has 3 N–H and O–H groups in total. The molecular formula is C17H20F2N4O2. The SMILES string of the molecule is O=C(NCc1n[nH]c2c1CCCCC2)Nc1cccc(OC(F)F)c1. The topological polar surface area (TPSA) is 79.0 Å². The van der Waals surface area contributed by atoms with E-state index in [0.717, 1.165) is 37.1 Å². The van der Waals surface area contributed by atoms with Crippen LogP contribution < -0.4 is 15.4 Å². The first-order chi connectivity index (χ1) is 12.1. The fourth-order valence-corrected chi connectivity index (χ4v) is 2.96. The number of nitrogens with zero attached hydrogens (tertiary/aromatic N) is 1. The number of aromatic amines is 1. The summed E-state index contributed by atoms with van der Waals surface area (Å²) in [7, 11) is 0. The number of ether oxygens (including phenoxy) is 1. The minimum absolute atomic E-state index is 0.00887. The zero-order valence-corrected chi connectivity index (χ0v) is 13.6. The number of benzene rings is 1. The quantitative estimate of drug-likeness (QED) is 0.721. The molecule has 0 unspecified atom stereocenters. The molecule has 0 saturated carbocycles. The van der Waals surface area contributed by atoms with Gasteiger partial charge in [0, 0.05) is 17.4 Å². The lowest BCUT2D eigenvalue weighted by molar-refractivity contribution is -0.0497. The number of rotatable bonds is 5. The summed E-state index contributed by atoms with van der Waals surface area (Å²) in [5.41, 5.74) is 3.58. The van der Waals surface area contributed by atoms with Crippen LogP contribution in [0.1, 0.15) is 36.2 Å². The summed E-state index contributed by atoms with van der Waals surface area (Å²) in [4.78, 5) is 12.0. The maximum Gasteiger partial charge on any atom is 0.387 e. The second kappa shape index (κ2) is 7.96. The highest BCUT2D eigenvalue weighted by Gasteiger charge is 2.16. The van der Waals surface area contributed by atoms with Crippen LogP contribution >= 0.6 is 0 Å². The Morgan fingerprint density at radius 2 is 2.12 bits per heavy atom. The van der Waals surface area contributed by atoms with Crippen LogP contribution in [0.15, 0.2) is 24.3 Å². The van der Waals surface area contributed by atoms with Crippen molar-refractivity contribution in [3.63, 3.8) is 0 Å². The van der Waals surface area contributed by atoms with E-state index in [1.54, 1.807) is 6.07 Å². The number of fused-ring (bicyclic) bond motifs is 1. The predicted octanol–water partition coefficient (Wildman–Crippen LogP) is 3.60. The van der Waals surface area contributed by atoms with Crippen LogP contribution in [0.5, 0.6) is 5.75 Å². The first-order valence-corrected chi connectivity index (χ1v) is 8.26. The maximum absolute atomic E-state index is 12.2. The van der Waals surface area contributed by atoms with Crippen LogP contribution in [0.4, 0.5) is 19.3 Å². The van der Waals surface area contributed by atoms with Gasteiger partial charge >= 0.3 is 12.6 Å². The Hall–Kier alpha value is -2.64. The molecule has 0 bridgehead atoms. The van der Waals surface area contributed by atoms with Crippen LogP contribution in [-0.4, -0.2) is 22.8 Å². The van der Waals surface area contributed by atoms with Gasteiger partial charge in [-0.1, -0.05) is 12.5 Å². The largest absolute Gasteiger partial charge is 0.435 e. The Balaban J connectivity index is 1.56. The monoisotopic (exact) mass is 350 g/mol. The van der Waals surface area contributed by atoms with Crippen LogP contribution in [0.2, 0.25) is 0 Å². The normalized spacial score (nSPS) is 13.9. The molecule has 2 amide bonds. The number of hydrogen-bond acceptors (Lipinski definition) is 3. The Bertz CT molecular complexity index is 733. The molecule has 1 aromatic heterocycles. The van der Waals surface area contributed by atoms with Crippen molar-refractivity contribution in [1.29, 1.82) is 0 Å². The van der Waals surface area contributed by atoms with E-state index in [-0.39, 0.29) is 5.75 Å². The number of H-pyrrole nitrogens is 1. The van der Waals surface area contributed by atoms with Crippen LogP contribution in [-0.2, 0) is 19.4 Å². The molecule has 3 rings (SSSR count). The van der Waals surface area contributed by atoms with E-state index in [1.165, 1.54) is 30.2 Å². The Morgan fingerprint density at radius 1 is 1.28 bits per heavy atom. The third-order valence-corrected chi connectivity index (χ3v) is 4.13. The van der Waals surface area contributed by atoms with Crippen molar-refractivity contribution < 1.29 is 18.3 Å². The van der Waals surface area contributed by atoms with Gasteiger partial charge in [0.05, 0.1) is 12.2 Å². The third kappa shape index (κ3) is 4.68. The zero-order valence-electron chi connectivity index (χ0n) is 13.6. The summed E-state index contributed by atoms with van der Waals surface area (Å²) in [6.07, 6.45) is 5.44. The van der Waals surface area contributed by atoms with Crippen LogP contribution in [0, 0.1) is 0 Å². The maximum atomic E-state index is 12.2. The molecule has 0 fully saturated rings. The summed E-state index contributed by atoms with van der Waals surface area (Å²) < 4.78 is 28.8. The molecule has 134 valence electrons. The molecule has 0 spiro atoms. The van der Waals surface area contributed by atoms with E-state index in [4.69, 9.17) is 0 Å². The molecule has 8 heteroatoms. The number of amides is 2. The van der Waals surface area contributed by atoms with E-state index >= 15 is 0 Å². The van der Waals surface area contributed by atoms with Gasteiger partial charge in [0.15, 0.2) is 0 Å². The number of urea groups is 1. The van der Waals surface area contributed by atoms with Gasteiger partial charge in [-0.25, -0.2) is 4.79 Å². The number of hydrogen-bond donors (Lipinski definition) is 3. The van der Waals surface area contributed by atoms with Gasteiger partial charge in [-0.3, -0.25) is 5.10 Å². The summed E-state index contributed by atoms with van der Waals surface area (Å²) in [6.45, 7) is -2.59. The number of aryl methyl sites for hydroxylation is 1. The fourth-order valence-electron chi connectivity index (χ4n) is 2.96. The van der Waals surface area contributed by atoms with Gasteiger partial charge < -0.3 is 15.4 Å². The van der Waals surface area contributed by atoms with Gasteiger partial charge in [0.1, 0.15) is 5.75 Å². The average Bonchev–Trinajstić information content (AvgIpc) is 2.79. The summed E-state index contributed by atoms with van der Waals surface area (Å²) >= 11 is 0. The van der Waals surface area contributed by atoms with E-state index in [2.05, 4.69) is 25.6 Å². The number of nitrogens with one attached hydrogen (secondary N) is 3. The van der Waals surface area contributed by atoms with Crippen molar-refractivity contribution in [3.05, 3.63) is 41.2 Å². The van der Waals surface area contributed by atoms with Crippen molar-refractivity contribution >= 4 is 11.7 Å². The highest BCUT2D eigenvalue weighted by atomic mass is 19.3. The van der Waals surface area contributed by atoms with E-state index in [1.807, 2.05) is 0 Å². The van der Waals surface area contributed by atoms with Gasteiger partial charge in [-0.15, -0.1) is 0 Å². The minimum Gasteiger partial charge on any atom is -0.435 e. The zero-order chi connectivity index (χ0) is 17.6. The number of carbonyl (C=O) groups excluding carboxylic acids is 1. The number of carbonyl (C=O) groups is 1. The lowest BCUT2D eigenvalue weighted by Crippen LogP contribution is -2.28. The van der Waals surface area contributed by atoms with Gasteiger partial charge in [-0.2, -0.15) is 13.9 Å². The standard InChI is InChI=1S/C17H20F2N4O2/c18-16(19)25-12-6-4-5-11(9-12)21-17(24)20-10-15-13-7-2-1-3-8-14(13)22-23-15/h4-6,9,16H,1-3,7-8,10H2,(H,22,23)(H2,20,21,24). The number of alkyl halides is 2. The van der Waals surface area contributed by atoms with Gasteiger partial charge in [0.25, 0.3) is 0 Å². The molecule has 0 saturated heterocycles. The lowest BCUT2D eigenvalue weighted by Gasteiger charge is -2.09. The molecular weight excluding hydrogens is 330 g/mol. The molecule has 1 aliphatic carbocycles. The van der Waals surface area contributed by atoms with E-state index in [0.29, 0.717) is 12.2 Å². The Labute approximate surface area is 144 Å². The number of aromatic nitrogens is 2. The fraction of sp³-hybridized carbons (Fsp3) is 0.412.